The molecule has 0 N–H and O–H groups in total. The van der Waals surface area contributed by atoms with Gasteiger partial charge in [0.15, 0.2) is 0 Å². The maximum atomic E-state index is 14.3. The van der Waals surface area contributed by atoms with E-state index in [9.17, 15) is 30.0 Å². The molecule has 0 amide bonds. The predicted octanol–water partition coefficient (Wildman–Crippen LogP) is 10.8. The molecule has 1 unspecified atom stereocenters. The Hall–Kier alpha value is -3.75. The number of hydrogen-bond acceptors (Lipinski definition) is 4. The van der Waals surface area contributed by atoms with Crippen LogP contribution in [0.5, 0.6) is 0 Å². The van der Waals surface area contributed by atoms with Crippen LogP contribution >= 0.6 is 7.81 Å². The standard InChI is InChI=1S/C34H32N2O2.F6P/c1-2-22-20-36-18-16-25(22)30(21-36)33(29-15-17-35-31-14-8-7-13-28(29)31)38-34(37)32-26-11-5-3-9-23(26)19-24-10-4-6-12-27(24)32;1-7(2,3,4,5)6/h3-15,17,19,22,25,30,33H,2,16,18,20-21H2,1H3;/q;-1/t22-,25-,30+,33-;/m0./s1. The van der Waals surface area contributed by atoms with Crippen LogP contribution in [0.25, 0.3) is 32.4 Å². The summed E-state index contributed by atoms with van der Waals surface area (Å²) in [7, 11) is -10.7. The molecule has 4 nitrogen and oxygen atoms in total. The van der Waals surface area contributed by atoms with E-state index in [1.54, 1.807) is 0 Å². The van der Waals surface area contributed by atoms with E-state index in [0.29, 0.717) is 17.4 Å². The molecule has 0 aliphatic carbocycles. The first-order valence-corrected chi connectivity index (χ1v) is 16.9. The zero-order chi connectivity index (χ0) is 32.0. The molecule has 3 saturated heterocycles. The van der Waals surface area contributed by atoms with Crippen molar-refractivity contribution < 1.29 is 34.7 Å². The van der Waals surface area contributed by atoms with Crippen molar-refractivity contribution in [3.05, 3.63) is 102 Å². The van der Waals surface area contributed by atoms with Gasteiger partial charge in [-0.3, -0.25) is 4.98 Å². The number of esters is 1. The van der Waals surface area contributed by atoms with Crippen molar-refractivity contribution >= 4 is 46.2 Å². The van der Waals surface area contributed by atoms with Crippen molar-refractivity contribution in [2.75, 3.05) is 19.6 Å². The number of pyridine rings is 1. The molecule has 45 heavy (non-hydrogen) atoms. The Morgan fingerprint density at radius 1 is 0.867 bits per heavy atom. The summed E-state index contributed by atoms with van der Waals surface area (Å²) < 4.78 is 65.9. The Morgan fingerprint density at radius 3 is 2.04 bits per heavy atom. The Bertz CT molecular complexity index is 1830. The normalized spacial score (nSPS) is 23.5. The molecule has 238 valence electrons. The number of halogens is 6. The van der Waals surface area contributed by atoms with Gasteiger partial charge < -0.3 is 9.64 Å². The molecule has 0 spiro atoms. The summed E-state index contributed by atoms with van der Waals surface area (Å²) in [6.45, 7) is 5.56. The fourth-order valence-electron chi connectivity index (χ4n) is 7.20. The first-order valence-electron chi connectivity index (χ1n) is 14.9. The Labute approximate surface area is 256 Å². The summed E-state index contributed by atoms with van der Waals surface area (Å²) in [6, 6.07) is 28.7. The summed E-state index contributed by atoms with van der Waals surface area (Å²) in [5.74, 6) is 1.18. The number of nitrogens with zero attached hydrogens (tertiary/aromatic N) is 2. The van der Waals surface area contributed by atoms with Crippen LogP contribution in [0.15, 0.2) is 91.1 Å². The number of fused-ring (bicyclic) bond motifs is 6. The Morgan fingerprint density at radius 2 is 1.44 bits per heavy atom. The van der Waals surface area contributed by atoms with E-state index in [1.807, 2.05) is 54.7 Å². The number of piperidine rings is 3. The molecule has 0 radical (unpaired) electrons. The van der Waals surface area contributed by atoms with Crippen LogP contribution in [0.2, 0.25) is 0 Å². The van der Waals surface area contributed by atoms with Gasteiger partial charge in [0, 0.05) is 36.2 Å². The summed E-state index contributed by atoms with van der Waals surface area (Å²) in [4.78, 5) is 21.5. The number of para-hydroxylation sites is 1. The molecular formula is C34H32F6N2O2P-. The van der Waals surface area contributed by atoms with Gasteiger partial charge in [-0.05, 0) is 64.5 Å². The zero-order valence-electron chi connectivity index (χ0n) is 24.4. The molecule has 5 atom stereocenters. The van der Waals surface area contributed by atoms with Crippen LogP contribution < -0.4 is 0 Å². The monoisotopic (exact) mass is 645 g/mol. The number of benzene rings is 4. The SMILES string of the molecule is CC[C@H]1CN2CC[C@@H]1[C@H]([C@@H](OC(=O)c1c3ccccc3cc3ccccc13)c1ccnc3ccccc13)C2.F[P-](F)(F)(F)(F)F. The zero-order valence-corrected chi connectivity index (χ0v) is 25.3. The molecule has 3 aliphatic heterocycles. The number of hydrogen-bond donors (Lipinski definition) is 0. The van der Waals surface area contributed by atoms with E-state index >= 15 is 0 Å². The van der Waals surface area contributed by atoms with Gasteiger partial charge in [0.2, 0.25) is 0 Å². The summed E-state index contributed by atoms with van der Waals surface area (Å²) in [5.41, 5.74) is 2.67. The van der Waals surface area contributed by atoms with Crippen LogP contribution in [-0.2, 0) is 4.74 Å². The molecule has 1 aromatic heterocycles. The number of aromatic nitrogens is 1. The molecule has 11 heteroatoms. The van der Waals surface area contributed by atoms with Gasteiger partial charge in [-0.2, -0.15) is 0 Å². The van der Waals surface area contributed by atoms with E-state index in [-0.39, 0.29) is 18.0 Å². The third-order valence-corrected chi connectivity index (χ3v) is 9.01. The summed E-state index contributed by atoms with van der Waals surface area (Å²) >= 11 is 0. The van der Waals surface area contributed by atoms with Crippen molar-refractivity contribution in [3.63, 3.8) is 0 Å². The molecule has 4 heterocycles. The van der Waals surface area contributed by atoms with Gasteiger partial charge in [0.1, 0.15) is 6.10 Å². The van der Waals surface area contributed by atoms with Crippen molar-refractivity contribution in [1.29, 1.82) is 0 Å². The second kappa shape index (κ2) is 11.0. The van der Waals surface area contributed by atoms with E-state index in [1.165, 1.54) is 0 Å². The van der Waals surface area contributed by atoms with Crippen molar-refractivity contribution in [1.82, 2.24) is 9.88 Å². The fourth-order valence-corrected chi connectivity index (χ4v) is 7.20. The van der Waals surface area contributed by atoms with Gasteiger partial charge in [0.25, 0.3) is 0 Å². The number of carbonyl (C=O) groups is 1. The molecule has 2 bridgehead atoms. The first-order chi connectivity index (χ1) is 21.2. The van der Waals surface area contributed by atoms with Crippen molar-refractivity contribution in [3.8, 4) is 0 Å². The van der Waals surface area contributed by atoms with E-state index < -0.39 is 7.81 Å². The topological polar surface area (TPSA) is 42.4 Å². The van der Waals surface area contributed by atoms with Gasteiger partial charge in [-0.1, -0.05) is 80.1 Å². The minimum atomic E-state index is -10.7. The minimum absolute atomic E-state index is 0.242. The van der Waals surface area contributed by atoms with Crippen LogP contribution in [0.4, 0.5) is 25.2 Å². The van der Waals surface area contributed by atoms with Gasteiger partial charge in [-0.25, -0.2) is 4.79 Å². The van der Waals surface area contributed by atoms with Gasteiger partial charge >= 0.3 is 39.0 Å². The van der Waals surface area contributed by atoms with E-state index in [4.69, 9.17) is 4.74 Å². The van der Waals surface area contributed by atoms with Crippen LogP contribution in [0.1, 0.15) is 41.8 Å². The Kier molecular flexibility index (Phi) is 7.60. The van der Waals surface area contributed by atoms with Gasteiger partial charge in [0.05, 0.1) is 11.1 Å². The van der Waals surface area contributed by atoms with Crippen molar-refractivity contribution in [2.24, 2.45) is 17.8 Å². The third kappa shape index (κ3) is 7.23. The molecule has 3 fully saturated rings. The average molecular weight is 646 g/mol. The van der Waals surface area contributed by atoms with E-state index in [2.05, 4.69) is 53.2 Å². The predicted molar refractivity (Wildman–Crippen MR) is 167 cm³/mol. The Balaban J connectivity index is 0.000000460. The molecule has 5 aromatic rings. The second-order valence-corrected chi connectivity index (χ2v) is 13.9. The summed E-state index contributed by atoms with van der Waals surface area (Å²) in [5, 5.41) is 5.06. The third-order valence-electron chi connectivity index (χ3n) is 9.01. The van der Waals surface area contributed by atoms with Crippen molar-refractivity contribution in [2.45, 2.75) is 25.9 Å². The van der Waals surface area contributed by atoms with Crippen LogP contribution in [0.3, 0.4) is 0 Å². The molecule has 8 rings (SSSR count). The van der Waals surface area contributed by atoms with E-state index in [0.717, 1.165) is 70.5 Å². The second-order valence-electron chi connectivity index (χ2n) is 11.9. The van der Waals surface area contributed by atoms with Gasteiger partial charge in [-0.15, -0.1) is 0 Å². The number of carbonyl (C=O) groups excluding carboxylic acids is 1. The number of rotatable bonds is 5. The quantitative estimate of drug-likeness (QED) is 0.0826. The molecule has 0 saturated carbocycles. The molecule has 4 aromatic carbocycles. The fraction of sp³-hybridized carbons (Fsp3) is 0.294. The molecule has 3 aliphatic rings. The summed E-state index contributed by atoms with van der Waals surface area (Å²) in [6.07, 6.45) is 3.85. The maximum absolute atomic E-state index is 14.3. The van der Waals surface area contributed by atoms with Crippen LogP contribution in [-0.4, -0.2) is 35.5 Å². The average Bonchev–Trinajstić information content (AvgIpc) is 3.00. The first kappa shape index (κ1) is 31.2. The number of ether oxygens (including phenoxy) is 1. The van der Waals surface area contributed by atoms with Crippen LogP contribution in [0, 0.1) is 17.8 Å². The molecular weight excluding hydrogens is 613 g/mol.